The lowest BCUT2D eigenvalue weighted by Gasteiger charge is -2.26. The number of hydrogen-bond acceptors (Lipinski definition) is 5. The number of methoxy groups -OCH3 is 1. The normalized spacial score (nSPS) is 14.3. The standard InChI is InChI=1S/C17H19ClN4O2/c1-24-15-6-5-12(18)11-14(15)21-17-19-8-7-13(20-17)16(23)22-9-3-2-4-10-22/h5-8,11H,2-4,9-10H2,1H3,(H,19,20,21). The van der Waals surface area contributed by atoms with E-state index in [1.165, 1.54) is 6.42 Å². The number of amides is 1. The lowest BCUT2D eigenvalue weighted by atomic mass is 10.1. The third-order valence-corrected chi connectivity index (χ3v) is 4.16. The average molecular weight is 347 g/mol. The van der Waals surface area contributed by atoms with Crippen LogP contribution in [0.15, 0.2) is 30.5 Å². The van der Waals surface area contributed by atoms with Crippen molar-refractivity contribution in [3.05, 3.63) is 41.2 Å². The summed E-state index contributed by atoms with van der Waals surface area (Å²) in [7, 11) is 1.57. The predicted octanol–water partition coefficient (Wildman–Crippen LogP) is 3.51. The lowest BCUT2D eigenvalue weighted by molar-refractivity contribution is 0.0718. The van der Waals surface area contributed by atoms with Gasteiger partial charge in [-0.2, -0.15) is 0 Å². The van der Waals surface area contributed by atoms with Gasteiger partial charge in [-0.3, -0.25) is 4.79 Å². The van der Waals surface area contributed by atoms with E-state index in [0.717, 1.165) is 25.9 Å². The van der Waals surface area contributed by atoms with Gasteiger partial charge in [-0.15, -0.1) is 0 Å². The Morgan fingerprint density at radius 1 is 1.25 bits per heavy atom. The Kier molecular flexibility index (Phi) is 5.15. The first-order valence-electron chi connectivity index (χ1n) is 7.90. The first kappa shape index (κ1) is 16.5. The fourth-order valence-corrected chi connectivity index (χ4v) is 2.87. The van der Waals surface area contributed by atoms with Gasteiger partial charge in [-0.25, -0.2) is 9.97 Å². The maximum Gasteiger partial charge on any atom is 0.272 e. The molecule has 0 radical (unpaired) electrons. The van der Waals surface area contributed by atoms with Crippen LogP contribution in [-0.4, -0.2) is 41.0 Å². The van der Waals surface area contributed by atoms with E-state index in [9.17, 15) is 4.79 Å². The molecule has 0 unspecified atom stereocenters. The number of nitrogens with zero attached hydrogens (tertiary/aromatic N) is 3. The molecule has 2 heterocycles. The molecule has 2 aromatic rings. The molecule has 1 saturated heterocycles. The Morgan fingerprint density at radius 3 is 2.79 bits per heavy atom. The summed E-state index contributed by atoms with van der Waals surface area (Å²) in [5.41, 5.74) is 1.03. The van der Waals surface area contributed by atoms with Crippen LogP contribution in [0.25, 0.3) is 0 Å². The maximum absolute atomic E-state index is 12.5. The molecule has 126 valence electrons. The van der Waals surface area contributed by atoms with E-state index >= 15 is 0 Å². The van der Waals surface area contributed by atoms with Crippen molar-refractivity contribution in [3.8, 4) is 5.75 Å². The number of hydrogen-bond donors (Lipinski definition) is 1. The van der Waals surface area contributed by atoms with Gasteiger partial charge < -0.3 is 15.0 Å². The fraction of sp³-hybridized carbons (Fsp3) is 0.353. The molecule has 1 aromatic heterocycles. The van der Waals surface area contributed by atoms with Gasteiger partial charge in [-0.05, 0) is 43.5 Å². The number of ether oxygens (including phenoxy) is 1. The van der Waals surface area contributed by atoms with Gasteiger partial charge in [0.05, 0.1) is 12.8 Å². The Bertz CT molecular complexity index is 732. The zero-order valence-corrected chi connectivity index (χ0v) is 14.2. The molecule has 7 heteroatoms. The fourth-order valence-electron chi connectivity index (χ4n) is 2.70. The summed E-state index contributed by atoms with van der Waals surface area (Å²) in [4.78, 5) is 22.9. The van der Waals surface area contributed by atoms with E-state index in [1.807, 2.05) is 4.90 Å². The molecule has 0 aliphatic carbocycles. The minimum atomic E-state index is -0.0572. The topological polar surface area (TPSA) is 67.3 Å². The zero-order valence-electron chi connectivity index (χ0n) is 13.5. The monoisotopic (exact) mass is 346 g/mol. The minimum absolute atomic E-state index is 0.0572. The molecule has 0 bridgehead atoms. The molecule has 0 spiro atoms. The van der Waals surface area contributed by atoms with Crippen molar-refractivity contribution in [2.24, 2.45) is 0 Å². The van der Waals surface area contributed by atoms with Crippen LogP contribution >= 0.6 is 11.6 Å². The van der Waals surface area contributed by atoms with Gasteiger partial charge in [0, 0.05) is 24.3 Å². The van der Waals surface area contributed by atoms with Gasteiger partial charge in [-0.1, -0.05) is 11.6 Å². The summed E-state index contributed by atoms with van der Waals surface area (Å²) >= 11 is 6.03. The summed E-state index contributed by atoms with van der Waals surface area (Å²) in [6.07, 6.45) is 4.84. The largest absolute Gasteiger partial charge is 0.495 e. The number of anilines is 2. The van der Waals surface area contributed by atoms with Crippen molar-refractivity contribution in [3.63, 3.8) is 0 Å². The molecule has 0 saturated carbocycles. The quantitative estimate of drug-likeness (QED) is 0.917. The van der Waals surface area contributed by atoms with Crippen LogP contribution in [0.2, 0.25) is 5.02 Å². The molecule has 1 amide bonds. The third kappa shape index (κ3) is 3.76. The van der Waals surface area contributed by atoms with Crippen LogP contribution in [0.5, 0.6) is 5.75 Å². The molecule has 6 nitrogen and oxygen atoms in total. The number of aromatic nitrogens is 2. The highest BCUT2D eigenvalue weighted by atomic mass is 35.5. The summed E-state index contributed by atoms with van der Waals surface area (Å²) in [6, 6.07) is 6.86. The van der Waals surface area contributed by atoms with Gasteiger partial charge >= 0.3 is 0 Å². The van der Waals surface area contributed by atoms with E-state index in [2.05, 4.69) is 15.3 Å². The van der Waals surface area contributed by atoms with Crippen LogP contribution in [0, 0.1) is 0 Å². The Morgan fingerprint density at radius 2 is 2.04 bits per heavy atom. The smallest absolute Gasteiger partial charge is 0.272 e. The number of nitrogens with one attached hydrogen (secondary N) is 1. The van der Waals surface area contributed by atoms with Crippen LogP contribution in [0.3, 0.4) is 0 Å². The van der Waals surface area contributed by atoms with Crippen molar-refractivity contribution >= 4 is 29.1 Å². The Balaban J connectivity index is 1.80. The number of likely N-dealkylation sites (tertiary alicyclic amines) is 1. The highest BCUT2D eigenvalue weighted by Gasteiger charge is 2.19. The van der Waals surface area contributed by atoms with Crippen molar-refractivity contribution in [2.75, 3.05) is 25.5 Å². The summed E-state index contributed by atoms with van der Waals surface area (Å²) in [5.74, 6) is 0.896. The molecule has 0 atom stereocenters. The molecule has 1 aliphatic heterocycles. The van der Waals surface area contributed by atoms with Crippen molar-refractivity contribution in [1.29, 1.82) is 0 Å². The van der Waals surface area contributed by atoms with Crippen molar-refractivity contribution in [2.45, 2.75) is 19.3 Å². The molecule has 24 heavy (non-hydrogen) atoms. The van der Waals surface area contributed by atoms with Crippen LogP contribution in [-0.2, 0) is 0 Å². The molecule has 1 aromatic carbocycles. The molecule has 3 rings (SSSR count). The van der Waals surface area contributed by atoms with E-state index in [4.69, 9.17) is 16.3 Å². The van der Waals surface area contributed by atoms with Crippen LogP contribution in [0.4, 0.5) is 11.6 Å². The van der Waals surface area contributed by atoms with Crippen LogP contribution in [0.1, 0.15) is 29.8 Å². The maximum atomic E-state index is 12.5. The third-order valence-electron chi connectivity index (χ3n) is 3.93. The number of halogens is 1. The highest BCUT2D eigenvalue weighted by Crippen LogP contribution is 2.29. The van der Waals surface area contributed by atoms with Gasteiger partial charge in [0.15, 0.2) is 0 Å². The van der Waals surface area contributed by atoms with E-state index in [0.29, 0.717) is 28.1 Å². The second-order valence-corrected chi connectivity index (χ2v) is 6.02. The Hall–Kier alpha value is -2.34. The van der Waals surface area contributed by atoms with Gasteiger partial charge in [0.2, 0.25) is 5.95 Å². The molecule has 1 N–H and O–H groups in total. The van der Waals surface area contributed by atoms with Crippen molar-refractivity contribution in [1.82, 2.24) is 14.9 Å². The summed E-state index contributed by atoms with van der Waals surface area (Å²) < 4.78 is 5.29. The summed E-state index contributed by atoms with van der Waals surface area (Å²) in [5, 5.41) is 3.63. The van der Waals surface area contributed by atoms with E-state index in [1.54, 1.807) is 37.6 Å². The van der Waals surface area contributed by atoms with Gasteiger partial charge in [0.25, 0.3) is 5.91 Å². The first-order valence-corrected chi connectivity index (χ1v) is 8.28. The molecular weight excluding hydrogens is 328 g/mol. The highest BCUT2D eigenvalue weighted by molar-refractivity contribution is 6.31. The van der Waals surface area contributed by atoms with E-state index < -0.39 is 0 Å². The summed E-state index contributed by atoms with van der Waals surface area (Å²) in [6.45, 7) is 1.57. The predicted molar refractivity (Wildman–Crippen MR) is 93.1 cm³/mol. The number of carbonyl (C=O) groups is 1. The SMILES string of the molecule is COc1ccc(Cl)cc1Nc1nccc(C(=O)N2CCCCC2)n1. The lowest BCUT2D eigenvalue weighted by Crippen LogP contribution is -2.36. The Labute approximate surface area is 145 Å². The zero-order chi connectivity index (χ0) is 16.9. The molecule has 1 fully saturated rings. The van der Waals surface area contributed by atoms with Gasteiger partial charge in [0.1, 0.15) is 11.4 Å². The number of benzene rings is 1. The molecular formula is C17H19ClN4O2. The van der Waals surface area contributed by atoms with E-state index in [-0.39, 0.29) is 5.91 Å². The second kappa shape index (κ2) is 7.49. The molecule has 1 aliphatic rings. The van der Waals surface area contributed by atoms with Crippen LogP contribution < -0.4 is 10.1 Å². The second-order valence-electron chi connectivity index (χ2n) is 5.59. The minimum Gasteiger partial charge on any atom is -0.495 e. The number of carbonyl (C=O) groups excluding carboxylic acids is 1. The first-order chi connectivity index (χ1) is 11.7. The number of rotatable bonds is 4. The number of piperidine rings is 1. The average Bonchev–Trinajstić information content (AvgIpc) is 2.62. The van der Waals surface area contributed by atoms with Crippen molar-refractivity contribution < 1.29 is 9.53 Å².